The number of rotatable bonds is 6. The summed E-state index contributed by atoms with van der Waals surface area (Å²) in [5.41, 5.74) is 1.97. The number of amides is 1. The Morgan fingerprint density at radius 2 is 2.00 bits per heavy atom. The van der Waals surface area contributed by atoms with E-state index in [0.29, 0.717) is 18.9 Å². The van der Waals surface area contributed by atoms with Gasteiger partial charge >= 0.3 is 5.97 Å². The Morgan fingerprint density at radius 1 is 1.28 bits per heavy atom. The lowest BCUT2D eigenvalue weighted by Crippen LogP contribution is -2.40. The highest BCUT2D eigenvalue weighted by atomic mass is 16.4. The van der Waals surface area contributed by atoms with Gasteiger partial charge in [0.2, 0.25) is 5.91 Å². The van der Waals surface area contributed by atoms with Crippen molar-refractivity contribution >= 4 is 17.6 Å². The number of carboxylic acid groups (broad SMARTS) is 1. The van der Waals surface area contributed by atoms with E-state index in [4.69, 9.17) is 5.11 Å². The topological polar surface area (TPSA) is 69.6 Å². The fourth-order valence-electron chi connectivity index (χ4n) is 3.50. The molecule has 25 heavy (non-hydrogen) atoms. The molecule has 0 saturated carbocycles. The average Bonchev–Trinajstić information content (AvgIpc) is 2.52. The minimum atomic E-state index is -0.742. The number of piperidine rings is 1. The number of anilines is 1. The van der Waals surface area contributed by atoms with Crippen LogP contribution < -0.4 is 5.32 Å². The van der Waals surface area contributed by atoms with Crippen molar-refractivity contribution in [1.82, 2.24) is 4.90 Å². The van der Waals surface area contributed by atoms with E-state index < -0.39 is 5.97 Å². The number of carbonyl (C=O) groups is 2. The van der Waals surface area contributed by atoms with Crippen LogP contribution in [0.4, 0.5) is 5.69 Å². The highest BCUT2D eigenvalue weighted by molar-refractivity contribution is 5.93. The number of likely N-dealkylation sites (tertiary alicyclic amines) is 1. The molecule has 1 aliphatic heterocycles. The standard InChI is InChI=1S/C20H30N2O3/c1-20(2,3)16-8-4-5-9-17(16)21-18(23)14-22-12-6-7-15(13-22)10-11-19(24)25/h4-5,8-9,15H,6-7,10-14H2,1-3H3,(H,21,23)(H,24,25). The molecule has 0 aromatic heterocycles. The molecule has 1 unspecified atom stereocenters. The Kier molecular flexibility index (Phi) is 6.59. The Bertz CT molecular complexity index is 607. The van der Waals surface area contributed by atoms with Gasteiger partial charge in [-0.2, -0.15) is 0 Å². The molecule has 1 amide bonds. The molecule has 0 aliphatic carbocycles. The van der Waals surface area contributed by atoms with Gasteiger partial charge in [0.05, 0.1) is 6.54 Å². The van der Waals surface area contributed by atoms with E-state index in [1.54, 1.807) is 0 Å². The van der Waals surface area contributed by atoms with E-state index >= 15 is 0 Å². The third-order valence-electron chi connectivity index (χ3n) is 4.75. The van der Waals surface area contributed by atoms with Gasteiger partial charge in [0, 0.05) is 18.7 Å². The third kappa shape index (κ3) is 6.16. The van der Waals surface area contributed by atoms with Crippen LogP contribution in [0.2, 0.25) is 0 Å². The number of benzene rings is 1. The molecule has 0 spiro atoms. The molecule has 1 aromatic rings. The van der Waals surface area contributed by atoms with Crippen LogP contribution in [0.25, 0.3) is 0 Å². The minimum Gasteiger partial charge on any atom is -0.481 e. The van der Waals surface area contributed by atoms with Gasteiger partial charge < -0.3 is 10.4 Å². The van der Waals surface area contributed by atoms with E-state index in [1.165, 1.54) is 0 Å². The van der Waals surface area contributed by atoms with Crippen LogP contribution in [0.3, 0.4) is 0 Å². The summed E-state index contributed by atoms with van der Waals surface area (Å²) in [6, 6.07) is 7.93. The predicted octanol–water partition coefficient (Wildman–Crippen LogP) is 3.50. The maximum atomic E-state index is 12.5. The summed E-state index contributed by atoms with van der Waals surface area (Å²) in [7, 11) is 0. The number of hydrogen-bond acceptors (Lipinski definition) is 3. The van der Waals surface area contributed by atoms with Gasteiger partial charge in [0.15, 0.2) is 0 Å². The number of hydrogen-bond donors (Lipinski definition) is 2. The Balaban J connectivity index is 1.91. The summed E-state index contributed by atoms with van der Waals surface area (Å²) in [6.45, 7) is 8.47. The van der Waals surface area contributed by atoms with Crippen LogP contribution in [0.1, 0.15) is 52.0 Å². The third-order valence-corrected chi connectivity index (χ3v) is 4.75. The van der Waals surface area contributed by atoms with E-state index in [-0.39, 0.29) is 17.7 Å². The van der Waals surface area contributed by atoms with Crippen molar-refractivity contribution in [2.75, 3.05) is 25.0 Å². The van der Waals surface area contributed by atoms with E-state index in [1.807, 2.05) is 18.2 Å². The Morgan fingerprint density at radius 3 is 2.68 bits per heavy atom. The van der Waals surface area contributed by atoms with Gasteiger partial charge in [-0.25, -0.2) is 0 Å². The molecule has 0 radical (unpaired) electrons. The van der Waals surface area contributed by atoms with Crippen molar-refractivity contribution in [3.05, 3.63) is 29.8 Å². The summed E-state index contributed by atoms with van der Waals surface area (Å²) in [4.78, 5) is 25.4. The lowest BCUT2D eigenvalue weighted by atomic mass is 9.86. The molecule has 2 rings (SSSR count). The predicted molar refractivity (Wildman–Crippen MR) is 99.8 cm³/mol. The first-order valence-electron chi connectivity index (χ1n) is 9.09. The zero-order valence-corrected chi connectivity index (χ0v) is 15.5. The normalized spacial score (nSPS) is 18.8. The fraction of sp³-hybridized carbons (Fsp3) is 0.600. The summed E-state index contributed by atoms with van der Waals surface area (Å²) in [6.07, 6.45) is 2.98. The quantitative estimate of drug-likeness (QED) is 0.827. The molecule has 0 bridgehead atoms. The van der Waals surface area contributed by atoms with Gasteiger partial charge in [-0.15, -0.1) is 0 Å². The van der Waals surface area contributed by atoms with E-state index in [0.717, 1.165) is 37.2 Å². The molecule has 5 heteroatoms. The zero-order chi connectivity index (χ0) is 18.4. The lowest BCUT2D eigenvalue weighted by molar-refractivity contribution is -0.137. The molecule has 138 valence electrons. The number of para-hydroxylation sites is 1. The molecule has 1 atom stereocenters. The number of aliphatic carboxylic acids is 1. The number of carbonyl (C=O) groups excluding carboxylic acids is 1. The van der Waals surface area contributed by atoms with E-state index in [2.05, 4.69) is 37.1 Å². The van der Waals surface area contributed by atoms with E-state index in [9.17, 15) is 9.59 Å². The smallest absolute Gasteiger partial charge is 0.303 e. The van der Waals surface area contributed by atoms with Gasteiger partial charge in [-0.3, -0.25) is 14.5 Å². The van der Waals surface area contributed by atoms with Crippen molar-refractivity contribution in [1.29, 1.82) is 0 Å². The summed E-state index contributed by atoms with van der Waals surface area (Å²) < 4.78 is 0. The first kappa shape index (κ1) is 19.4. The van der Waals surface area contributed by atoms with Crippen molar-refractivity contribution in [3.8, 4) is 0 Å². The second-order valence-corrected chi connectivity index (χ2v) is 8.02. The molecule has 1 aliphatic rings. The highest BCUT2D eigenvalue weighted by Crippen LogP contribution is 2.29. The molecular formula is C20H30N2O3. The Hall–Kier alpha value is -1.88. The molecule has 1 saturated heterocycles. The second-order valence-electron chi connectivity index (χ2n) is 8.02. The van der Waals surface area contributed by atoms with Crippen molar-refractivity contribution in [2.24, 2.45) is 5.92 Å². The zero-order valence-electron chi connectivity index (χ0n) is 15.5. The molecule has 5 nitrogen and oxygen atoms in total. The van der Waals surface area contributed by atoms with Gasteiger partial charge in [-0.05, 0) is 48.8 Å². The van der Waals surface area contributed by atoms with Crippen molar-refractivity contribution < 1.29 is 14.7 Å². The van der Waals surface area contributed by atoms with Crippen LogP contribution in [-0.4, -0.2) is 41.5 Å². The van der Waals surface area contributed by atoms with Gasteiger partial charge in [0.25, 0.3) is 0 Å². The number of nitrogens with zero attached hydrogens (tertiary/aromatic N) is 1. The molecule has 1 heterocycles. The van der Waals surface area contributed by atoms with Crippen molar-refractivity contribution in [2.45, 2.75) is 51.9 Å². The summed E-state index contributed by atoms with van der Waals surface area (Å²) >= 11 is 0. The number of nitrogens with one attached hydrogen (secondary N) is 1. The average molecular weight is 346 g/mol. The van der Waals surface area contributed by atoms with Crippen molar-refractivity contribution in [3.63, 3.8) is 0 Å². The molecule has 1 aromatic carbocycles. The summed E-state index contributed by atoms with van der Waals surface area (Å²) in [5.74, 6) is -0.372. The monoisotopic (exact) mass is 346 g/mol. The van der Waals surface area contributed by atoms with Crippen LogP contribution in [0.5, 0.6) is 0 Å². The van der Waals surface area contributed by atoms with Gasteiger partial charge in [-0.1, -0.05) is 39.0 Å². The van der Waals surface area contributed by atoms with Crippen LogP contribution in [0.15, 0.2) is 24.3 Å². The molecule has 1 fully saturated rings. The first-order valence-corrected chi connectivity index (χ1v) is 9.09. The molecule has 2 N–H and O–H groups in total. The second kappa shape index (κ2) is 8.48. The molecular weight excluding hydrogens is 316 g/mol. The van der Waals surface area contributed by atoms with Gasteiger partial charge in [0.1, 0.15) is 0 Å². The lowest BCUT2D eigenvalue weighted by Gasteiger charge is -2.32. The SMILES string of the molecule is CC(C)(C)c1ccccc1NC(=O)CN1CCCC(CCC(=O)O)C1. The fourth-order valence-corrected chi connectivity index (χ4v) is 3.50. The maximum Gasteiger partial charge on any atom is 0.303 e. The summed E-state index contributed by atoms with van der Waals surface area (Å²) in [5, 5.41) is 11.9. The minimum absolute atomic E-state index is 0.00409. The van der Waals surface area contributed by atoms with Crippen LogP contribution >= 0.6 is 0 Å². The van der Waals surface area contributed by atoms with Crippen LogP contribution in [0, 0.1) is 5.92 Å². The number of carboxylic acids is 1. The maximum absolute atomic E-state index is 12.5. The van der Waals surface area contributed by atoms with Crippen LogP contribution in [-0.2, 0) is 15.0 Å². The highest BCUT2D eigenvalue weighted by Gasteiger charge is 2.23. The Labute approximate surface area is 150 Å². The largest absolute Gasteiger partial charge is 0.481 e. The first-order chi connectivity index (χ1) is 11.8.